The highest BCUT2D eigenvalue weighted by molar-refractivity contribution is 5.60. The van der Waals surface area contributed by atoms with Gasteiger partial charge >= 0.3 is 0 Å². The van der Waals surface area contributed by atoms with Crippen LogP contribution in [0.15, 0.2) is 43.1 Å². The summed E-state index contributed by atoms with van der Waals surface area (Å²) in [7, 11) is 0. The second kappa shape index (κ2) is 3.56. The van der Waals surface area contributed by atoms with Crippen LogP contribution in [0.4, 0.5) is 0 Å². The summed E-state index contributed by atoms with van der Waals surface area (Å²) in [6.45, 7) is 3.54. The molecule has 0 saturated carbocycles. The van der Waals surface area contributed by atoms with Crippen molar-refractivity contribution in [1.29, 1.82) is 0 Å². The number of hydrogen-bond acceptors (Lipinski definition) is 2. The lowest BCUT2D eigenvalue weighted by Crippen LogP contribution is -1.97. The van der Waals surface area contributed by atoms with Crippen LogP contribution in [0.2, 0.25) is 0 Å². The molecule has 0 aliphatic carbocycles. The van der Waals surface area contributed by atoms with E-state index in [0.717, 1.165) is 5.69 Å². The van der Waals surface area contributed by atoms with Gasteiger partial charge in [0.25, 0.3) is 0 Å². The molecule has 2 N–H and O–H groups in total. The number of allylic oxidation sites excluding steroid dienone is 2. The van der Waals surface area contributed by atoms with E-state index < -0.39 is 0 Å². The highest BCUT2D eigenvalue weighted by Gasteiger charge is 1.92. The van der Waals surface area contributed by atoms with Crippen LogP contribution in [0.1, 0.15) is 5.69 Å². The van der Waals surface area contributed by atoms with Crippen molar-refractivity contribution in [2.45, 2.75) is 0 Å². The summed E-state index contributed by atoms with van der Waals surface area (Å²) < 4.78 is 0. The molecule has 0 atom stereocenters. The number of nitrogens with two attached hydrogens (primary N) is 1. The van der Waals surface area contributed by atoms with E-state index in [-0.39, 0.29) is 0 Å². The molecule has 0 aromatic carbocycles. The Hall–Kier alpha value is -1.57. The summed E-state index contributed by atoms with van der Waals surface area (Å²) in [5.74, 6) is 0. The van der Waals surface area contributed by atoms with Gasteiger partial charge in [-0.15, -0.1) is 0 Å². The average Bonchev–Trinajstić information content (AvgIpc) is 2.07. The summed E-state index contributed by atoms with van der Waals surface area (Å²) in [5, 5.41) is 0. The lowest BCUT2D eigenvalue weighted by molar-refractivity contribution is 1.26. The number of rotatable bonds is 2. The Morgan fingerprint density at radius 2 is 2.36 bits per heavy atom. The summed E-state index contributed by atoms with van der Waals surface area (Å²) in [4.78, 5) is 4.06. The van der Waals surface area contributed by atoms with E-state index in [1.165, 1.54) is 0 Å². The topological polar surface area (TPSA) is 38.9 Å². The van der Waals surface area contributed by atoms with Crippen molar-refractivity contribution < 1.29 is 0 Å². The van der Waals surface area contributed by atoms with E-state index >= 15 is 0 Å². The molecule has 0 amide bonds. The van der Waals surface area contributed by atoms with Gasteiger partial charge in [0, 0.05) is 6.20 Å². The van der Waals surface area contributed by atoms with Gasteiger partial charge in [0.05, 0.1) is 11.4 Å². The number of aromatic nitrogens is 1. The maximum Gasteiger partial charge on any atom is 0.0858 e. The molecule has 56 valence electrons. The maximum absolute atomic E-state index is 5.63. The predicted molar refractivity (Wildman–Crippen MR) is 46.6 cm³/mol. The summed E-state index contributed by atoms with van der Waals surface area (Å²) >= 11 is 0. The third-order valence-electron chi connectivity index (χ3n) is 1.26. The highest BCUT2D eigenvalue weighted by Crippen LogP contribution is 2.02. The molecule has 2 heteroatoms. The van der Waals surface area contributed by atoms with Crippen molar-refractivity contribution in [3.8, 4) is 0 Å². The van der Waals surface area contributed by atoms with Crippen molar-refractivity contribution in [2.75, 3.05) is 0 Å². The molecular weight excluding hydrogens is 136 g/mol. The third-order valence-corrected chi connectivity index (χ3v) is 1.26. The monoisotopic (exact) mass is 146 g/mol. The van der Waals surface area contributed by atoms with Crippen LogP contribution < -0.4 is 5.73 Å². The molecule has 11 heavy (non-hydrogen) atoms. The molecule has 0 fully saturated rings. The second-order valence-corrected chi connectivity index (χ2v) is 2.07. The van der Waals surface area contributed by atoms with Gasteiger partial charge in [-0.3, -0.25) is 4.98 Å². The highest BCUT2D eigenvalue weighted by atomic mass is 14.7. The van der Waals surface area contributed by atoms with Gasteiger partial charge in [-0.1, -0.05) is 18.7 Å². The average molecular weight is 146 g/mol. The van der Waals surface area contributed by atoms with Gasteiger partial charge in [-0.25, -0.2) is 0 Å². The van der Waals surface area contributed by atoms with Gasteiger partial charge in [-0.05, 0) is 18.2 Å². The van der Waals surface area contributed by atoms with E-state index in [2.05, 4.69) is 11.6 Å². The molecule has 0 unspecified atom stereocenters. The van der Waals surface area contributed by atoms with E-state index in [1.54, 1.807) is 18.3 Å². The smallest absolute Gasteiger partial charge is 0.0858 e. The minimum atomic E-state index is 0.639. The molecular formula is C9H10N2. The predicted octanol–water partition coefficient (Wildman–Crippen LogP) is 1.57. The van der Waals surface area contributed by atoms with E-state index in [9.17, 15) is 0 Å². The van der Waals surface area contributed by atoms with E-state index in [0.29, 0.717) is 5.70 Å². The first-order chi connectivity index (χ1) is 5.34. The van der Waals surface area contributed by atoms with Crippen molar-refractivity contribution in [1.82, 2.24) is 4.98 Å². The van der Waals surface area contributed by atoms with Crippen molar-refractivity contribution in [3.05, 3.63) is 48.8 Å². The van der Waals surface area contributed by atoms with E-state index in [4.69, 9.17) is 5.73 Å². The lowest BCUT2D eigenvalue weighted by atomic mass is 10.3. The first-order valence-electron chi connectivity index (χ1n) is 3.34. The summed E-state index contributed by atoms with van der Waals surface area (Å²) in [6.07, 6.45) is 5.07. The fourth-order valence-electron chi connectivity index (χ4n) is 0.746. The summed E-state index contributed by atoms with van der Waals surface area (Å²) in [6, 6.07) is 5.60. The Morgan fingerprint density at radius 1 is 1.55 bits per heavy atom. The zero-order valence-corrected chi connectivity index (χ0v) is 6.20. The molecule has 0 aliphatic rings. The zero-order chi connectivity index (χ0) is 8.10. The molecule has 1 aromatic rings. The second-order valence-electron chi connectivity index (χ2n) is 2.07. The lowest BCUT2D eigenvalue weighted by Gasteiger charge is -1.96. The van der Waals surface area contributed by atoms with Crippen LogP contribution in [-0.4, -0.2) is 4.98 Å². The molecule has 1 heterocycles. The fourth-order valence-corrected chi connectivity index (χ4v) is 0.746. The number of hydrogen-bond donors (Lipinski definition) is 1. The quantitative estimate of drug-likeness (QED) is 0.643. The molecule has 0 saturated heterocycles. The van der Waals surface area contributed by atoms with Crippen LogP contribution in [0.5, 0.6) is 0 Å². The standard InChI is InChI=1S/C9H10N2/c1-2-5-8(10)9-6-3-4-7-11-9/h2-7H,1,10H2/b8-5+. The van der Waals surface area contributed by atoms with Crippen LogP contribution in [0.3, 0.4) is 0 Å². The molecule has 0 bridgehead atoms. The largest absolute Gasteiger partial charge is 0.397 e. The molecule has 0 spiro atoms. The first-order valence-corrected chi connectivity index (χ1v) is 3.34. The summed E-state index contributed by atoms with van der Waals surface area (Å²) in [5.41, 5.74) is 7.06. The van der Waals surface area contributed by atoms with Crippen LogP contribution in [-0.2, 0) is 0 Å². The van der Waals surface area contributed by atoms with Crippen molar-refractivity contribution >= 4 is 5.70 Å². The Morgan fingerprint density at radius 3 is 2.91 bits per heavy atom. The van der Waals surface area contributed by atoms with Crippen molar-refractivity contribution in [3.63, 3.8) is 0 Å². The zero-order valence-electron chi connectivity index (χ0n) is 6.20. The van der Waals surface area contributed by atoms with Crippen molar-refractivity contribution in [2.24, 2.45) is 5.73 Å². The first kappa shape index (κ1) is 7.54. The minimum Gasteiger partial charge on any atom is -0.397 e. The molecule has 1 aromatic heterocycles. The molecule has 2 nitrogen and oxygen atoms in total. The molecule has 1 rings (SSSR count). The fraction of sp³-hybridized carbons (Fsp3) is 0. The normalized spacial score (nSPS) is 11.1. The Balaban J connectivity index is 2.94. The third kappa shape index (κ3) is 1.93. The molecule has 0 aliphatic heterocycles. The Labute approximate surface area is 66.1 Å². The van der Waals surface area contributed by atoms with Gasteiger partial charge in [0.15, 0.2) is 0 Å². The SMILES string of the molecule is C=C/C=C(/N)c1ccccn1. The number of pyridine rings is 1. The number of nitrogens with zero attached hydrogens (tertiary/aromatic N) is 1. The van der Waals surface area contributed by atoms with Crippen LogP contribution in [0, 0.1) is 0 Å². The Bertz CT molecular complexity index is 262. The minimum absolute atomic E-state index is 0.639. The van der Waals surface area contributed by atoms with Gasteiger partial charge in [0.2, 0.25) is 0 Å². The van der Waals surface area contributed by atoms with Gasteiger partial charge in [0.1, 0.15) is 0 Å². The van der Waals surface area contributed by atoms with Gasteiger partial charge in [-0.2, -0.15) is 0 Å². The van der Waals surface area contributed by atoms with Gasteiger partial charge < -0.3 is 5.73 Å². The Kier molecular flexibility index (Phi) is 2.44. The van der Waals surface area contributed by atoms with Crippen LogP contribution in [0.25, 0.3) is 5.70 Å². The molecule has 0 radical (unpaired) electrons. The van der Waals surface area contributed by atoms with Crippen LogP contribution >= 0.6 is 0 Å². The van der Waals surface area contributed by atoms with E-state index in [1.807, 2.05) is 18.2 Å². The maximum atomic E-state index is 5.63.